The lowest BCUT2D eigenvalue weighted by Crippen LogP contribution is -3.07. The average molecular weight is 285 g/mol. The molecule has 0 aromatic heterocycles. The fourth-order valence-electron chi connectivity index (χ4n) is 2.87. The van der Waals surface area contributed by atoms with Crippen LogP contribution in [0.1, 0.15) is 6.42 Å². The number of rotatable bonds is 0. The van der Waals surface area contributed by atoms with Crippen LogP contribution in [0.2, 0.25) is 0 Å². The van der Waals surface area contributed by atoms with E-state index in [4.69, 9.17) is 11.6 Å². The van der Waals surface area contributed by atoms with E-state index in [1.54, 1.807) is 0 Å². The van der Waals surface area contributed by atoms with Gasteiger partial charge in [-0.1, -0.05) is 0 Å². The van der Waals surface area contributed by atoms with Crippen molar-refractivity contribution in [2.75, 3.05) is 0 Å². The van der Waals surface area contributed by atoms with Gasteiger partial charge in [0.2, 0.25) is 0 Å². The molecule has 4 atom stereocenters. The number of nitrogens with two attached hydrogens (primary N) is 1. The summed E-state index contributed by atoms with van der Waals surface area (Å²) in [4.78, 5) is 0. The summed E-state index contributed by atoms with van der Waals surface area (Å²) >= 11 is 5.58. The summed E-state index contributed by atoms with van der Waals surface area (Å²) in [5.41, 5.74) is -3.88. The molecule has 0 aromatic carbocycles. The smallest absolute Gasteiger partial charge is 0.387 e. The lowest BCUT2D eigenvalue weighted by molar-refractivity contribution is -0.800. The summed E-state index contributed by atoms with van der Waals surface area (Å²) in [6.07, 6.45) is -12.7. The van der Waals surface area contributed by atoms with Crippen molar-refractivity contribution in [1.29, 1.82) is 0 Å². The Morgan fingerprint density at radius 1 is 1.12 bits per heavy atom. The first-order chi connectivity index (χ1) is 7.52. The van der Waals surface area contributed by atoms with Crippen LogP contribution < -0.4 is 5.32 Å². The lowest BCUT2D eigenvalue weighted by Gasteiger charge is -2.38. The van der Waals surface area contributed by atoms with Crippen LogP contribution in [0.15, 0.2) is 0 Å². The van der Waals surface area contributed by atoms with E-state index < -0.39 is 47.8 Å². The standard InChI is InChI=1S/C8H8ClF6NO/c9-4-2-1-3(17)5(4)16-6(2,7(10,11)12)8(13,14)15/h2-5,16-17H,1H2/p+1/t2-,3+,4-,5+/m0/s1. The number of hydrogen-bond donors (Lipinski definition) is 2. The third-order valence-electron chi connectivity index (χ3n) is 3.67. The van der Waals surface area contributed by atoms with Crippen LogP contribution >= 0.6 is 11.6 Å². The molecule has 0 unspecified atom stereocenters. The van der Waals surface area contributed by atoms with Gasteiger partial charge < -0.3 is 10.4 Å². The molecule has 3 N–H and O–H groups in total. The Hall–Kier alpha value is -0.210. The number of aliphatic hydroxyl groups is 1. The zero-order chi connectivity index (χ0) is 13.2. The number of quaternary nitrogens is 1. The summed E-state index contributed by atoms with van der Waals surface area (Å²) < 4.78 is 76.7. The second kappa shape index (κ2) is 3.42. The largest absolute Gasteiger partial charge is 0.454 e. The van der Waals surface area contributed by atoms with E-state index >= 15 is 0 Å². The highest BCUT2D eigenvalue weighted by molar-refractivity contribution is 6.21. The minimum Gasteiger partial charge on any atom is -0.387 e. The van der Waals surface area contributed by atoms with Crippen LogP contribution in [0.5, 0.6) is 0 Å². The maximum Gasteiger partial charge on any atom is 0.454 e. The summed E-state index contributed by atoms with van der Waals surface area (Å²) in [6, 6.07) is -1.26. The molecule has 0 radical (unpaired) electrons. The molecule has 2 nitrogen and oxygen atoms in total. The first-order valence-corrected chi connectivity index (χ1v) is 5.27. The number of piperidine rings is 1. The maximum atomic E-state index is 12.8. The molecule has 1 aliphatic heterocycles. The van der Waals surface area contributed by atoms with E-state index in [0.717, 1.165) is 0 Å². The molecule has 17 heavy (non-hydrogen) atoms. The van der Waals surface area contributed by atoms with Crippen molar-refractivity contribution < 1.29 is 36.8 Å². The van der Waals surface area contributed by atoms with Crippen molar-refractivity contribution in [3.8, 4) is 0 Å². The topological polar surface area (TPSA) is 36.8 Å². The van der Waals surface area contributed by atoms with Crippen LogP contribution in [-0.2, 0) is 0 Å². The molecular weight excluding hydrogens is 276 g/mol. The number of aliphatic hydroxyl groups excluding tert-OH is 1. The molecular formula is C8H9ClF6NO+. The summed E-state index contributed by atoms with van der Waals surface area (Å²) in [6.45, 7) is 0. The van der Waals surface area contributed by atoms with Crippen molar-refractivity contribution in [3.63, 3.8) is 0 Å². The maximum absolute atomic E-state index is 12.8. The van der Waals surface area contributed by atoms with Gasteiger partial charge in [-0.15, -0.1) is 11.6 Å². The second-order valence-electron chi connectivity index (χ2n) is 4.46. The van der Waals surface area contributed by atoms with Crippen LogP contribution in [0.25, 0.3) is 0 Å². The quantitative estimate of drug-likeness (QED) is 0.501. The third kappa shape index (κ3) is 1.50. The molecule has 1 saturated heterocycles. The van der Waals surface area contributed by atoms with E-state index in [-0.39, 0.29) is 5.32 Å². The van der Waals surface area contributed by atoms with E-state index in [1.165, 1.54) is 0 Å². The van der Waals surface area contributed by atoms with Gasteiger partial charge in [-0.25, -0.2) is 0 Å². The van der Waals surface area contributed by atoms with Crippen LogP contribution in [0.3, 0.4) is 0 Å². The van der Waals surface area contributed by atoms with Crippen molar-refractivity contribution in [3.05, 3.63) is 0 Å². The van der Waals surface area contributed by atoms with Crippen LogP contribution in [0, 0.1) is 5.92 Å². The van der Waals surface area contributed by atoms with Gasteiger partial charge in [-0.2, -0.15) is 26.3 Å². The molecule has 100 valence electrons. The molecule has 2 rings (SSSR count). The van der Waals surface area contributed by atoms with E-state index in [2.05, 4.69) is 0 Å². The minimum absolute atomic E-state index is 0.142. The van der Waals surface area contributed by atoms with Crippen LogP contribution in [0.4, 0.5) is 26.3 Å². The van der Waals surface area contributed by atoms with Gasteiger partial charge in [0, 0.05) is 0 Å². The molecule has 2 aliphatic rings. The van der Waals surface area contributed by atoms with Crippen molar-refractivity contribution >= 4 is 11.6 Å². The number of fused-ring (bicyclic) bond motifs is 2. The zero-order valence-corrected chi connectivity index (χ0v) is 8.94. The van der Waals surface area contributed by atoms with Gasteiger partial charge in [0.1, 0.15) is 12.1 Å². The fourth-order valence-corrected chi connectivity index (χ4v) is 3.41. The predicted molar refractivity (Wildman–Crippen MR) is 44.3 cm³/mol. The highest BCUT2D eigenvalue weighted by atomic mass is 35.5. The highest BCUT2D eigenvalue weighted by Gasteiger charge is 2.85. The van der Waals surface area contributed by atoms with Gasteiger partial charge in [0.05, 0.1) is 11.3 Å². The molecule has 1 saturated carbocycles. The Labute approximate surface area is 96.9 Å². The Bertz CT molecular complexity index is 315. The molecule has 0 spiro atoms. The van der Waals surface area contributed by atoms with E-state index in [9.17, 15) is 31.4 Å². The fraction of sp³-hybridized carbons (Fsp3) is 1.00. The van der Waals surface area contributed by atoms with Gasteiger partial charge >= 0.3 is 12.4 Å². The molecule has 2 bridgehead atoms. The Kier molecular flexibility index (Phi) is 2.66. The normalized spacial score (nSPS) is 40.9. The number of hydrogen-bond acceptors (Lipinski definition) is 1. The van der Waals surface area contributed by atoms with Crippen LogP contribution in [-0.4, -0.2) is 40.5 Å². The average Bonchev–Trinajstić information content (AvgIpc) is 2.53. The Balaban J connectivity index is 2.48. The van der Waals surface area contributed by atoms with E-state index in [0.29, 0.717) is 0 Å². The number of halogens is 7. The summed E-state index contributed by atoms with van der Waals surface area (Å²) in [5.74, 6) is -1.84. The molecule has 0 amide bonds. The highest BCUT2D eigenvalue weighted by Crippen LogP contribution is 2.54. The molecule has 0 aromatic rings. The molecule has 1 aliphatic carbocycles. The monoisotopic (exact) mass is 284 g/mol. The Morgan fingerprint density at radius 3 is 1.82 bits per heavy atom. The summed E-state index contributed by atoms with van der Waals surface area (Å²) in [7, 11) is 0. The lowest BCUT2D eigenvalue weighted by atomic mass is 9.82. The first-order valence-electron chi connectivity index (χ1n) is 4.84. The van der Waals surface area contributed by atoms with Crippen molar-refractivity contribution in [2.45, 2.75) is 41.8 Å². The minimum atomic E-state index is -5.45. The van der Waals surface area contributed by atoms with Crippen molar-refractivity contribution in [1.82, 2.24) is 0 Å². The number of alkyl halides is 7. The zero-order valence-electron chi connectivity index (χ0n) is 8.19. The Morgan fingerprint density at radius 2 is 1.59 bits per heavy atom. The third-order valence-corrected chi connectivity index (χ3v) is 4.27. The van der Waals surface area contributed by atoms with E-state index in [1.807, 2.05) is 0 Å². The SMILES string of the molecule is O[C@@H]1C[C@H]2[C@H](Cl)[C@@H]1[NH2+]C2(C(F)(F)F)C(F)(F)F. The molecule has 1 heterocycles. The first kappa shape index (κ1) is 13.2. The second-order valence-corrected chi connectivity index (χ2v) is 4.97. The van der Waals surface area contributed by atoms with Crippen molar-refractivity contribution in [2.24, 2.45) is 5.92 Å². The van der Waals surface area contributed by atoms with Gasteiger partial charge in [-0.3, -0.25) is 0 Å². The van der Waals surface area contributed by atoms with Gasteiger partial charge in [0.25, 0.3) is 5.54 Å². The van der Waals surface area contributed by atoms with Gasteiger partial charge in [0.15, 0.2) is 0 Å². The molecule has 2 fully saturated rings. The van der Waals surface area contributed by atoms with Gasteiger partial charge in [-0.05, 0) is 6.42 Å². The predicted octanol–water partition coefficient (Wildman–Crippen LogP) is 0.784. The summed E-state index contributed by atoms with van der Waals surface area (Å²) in [5, 5.41) is 8.12. The molecule has 9 heteroatoms.